The molecule has 0 atom stereocenters. The number of nitrogens with two attached hydrogens (primary N) is 1. The lowest BCUT2D eigenvalue weighted by Gasteiger charge is -2.27. The molecule has 1 amide bonds. The molecule has 3 heterocycles. The number of nitrogens with zero attached hydrogens (tertiary/aromatic N) is 5. The third-order valence-electron chi connectivity index (χ3n) is 6.67. The van der Waals surface area contributed by atoms with Crippen molar-refractivity contribution in [2.24, 2.45) is 7.05 Å². The van der Waals surface area contributed by atoms with Crippen LogP contribution in [0.5, 0.6) is 0 Å². The third-order valence-corrected chi connectivity index (χ3v) is 6.67. The summed E-state index contributed by atoms with van der Waals surface area (Å²) in [6.07, 6.45) is 5.25. The molecular formula is C27H29N7O2. The van der Waals surface area contributed by atoms with Gasteiger partial charge < -0.3 is 16.0 Å². The fourth-order valence-corrected chi connectivity index (χ4v) is 4.61. The van der Waals surface area contributed by atoms with E-state index in [1.807, 2.05) is 42.5 Å². The summed E-state index contributed by atoms with van der Waals surface area (Å²) in [5.74, 6) is 0.723. The van der Waals surface area contributed by atoms with Gasteiger partial charge in [0.2, 0.25) is 0 Å². The SMILES string of the molecule is Cc1c(C(=O)Nc2ccc(-c3nc(N4CCCCC4)cnc3N)cc2)c(=O)n(-c2ccccc2)n1C. The van der Waals surface area contributed by atoms with E-state index in [0.717, 1.165) is 37.3 Å². The highest BCUT2D eigenvalue weighted by Crippen LogP contribution is 2.27. The molecule has 36 heavy (non-hydrogen) atoms. The van der Waals surface area contributed by atoms with E-state index < -0.39 is 5.91 Å². The average molecular weight is 484 g/mol. The fourth-order valence-electron chi connectivity index (χ4n) is 4.61. The van der Waals surface area contributed by atoms with Crippen molar-refractivity contribution in [2.45, 2.75) is 26.2 Å². The number of benzene rings is 2. The minimum Gasteiger partial charge on any atom is -0.382 e. The Morgan fingerprint density at radius 2 is 1.69 bits per heavy atom. The number of aromatic nitrogens is 4. The number of rotatable bonds is 5. The molecule has 0 saturated carbocycles. The maximum atomic E-state index is 13.1. The Morgan fingerprint density at radius 3 is 2.39 bits per heavy atom. The number of carbonyl (C=O) groups is 1. The first kappa shape index (κ1) is 23.3. The molecule has 1 aliphatic heterocycles. The van der Waals surface area contributed by atoms with Crippen molar-refractivity contribution in [3.63, 3.8) is 0 Å². The molecule has 5 rings (SSSR count). The smallest absolute Gasteiger partial charge is 0.284 e. The summed E-state index contributed by atoms with van der Waals surface area (Å²) in [5, 5.41) is 2.85. The normalized spacial score (nSPS) is 13.6. The van der Waals surface area contributed by atoms with Gasteiger partial charge in [-0.2, -0.15) is 0 Å². The molecule has 1 fully saturated rings. The molecule has 0 spiro atoms. The minimum absolute atomic E-state index is 0.106. The van der Waals surface area contributed by atoms with E-state index in [0.29, 0.717) is 28.6 Å². The second-order valence-electron chi connectivity index (χ2n) is 8.98. The summed E-state index contributed by atoms with van der Waals surface area (Å²) in [6, 6.07) is 16.5. The van der Waals surface area contributed by atoms with Gasteiger partial charge in [0, 0.05) is 31.4 Å². The lowest BCUT2D eigenvalue weighted by Crippen LogP contribution is -2.30. The molecule has 9 heteroatoms. The maximum absolute atomic E-state index is 13.1. The highest BCUT2D eigenvalue weighted by Gasteiger charge is 2.22. The molecule has 4 aromatic rings. The van der Waals surface area contributed by atoms with E-state index in [1.165, 1.54) is 11.1 Å². The van der Waals surface area contributed by atoms with Crippen LogP contribution in [0.1, 0.15) is 35.3 Å². The van der Waals surface area contributed by atoms with Crippen molar-refractivity contribution in [3.8, 4) is 16.9 Å². The molecule has 3 N–H and O–H groups in total. The van der Waals surface area contributed by atoms with E-state index in [-0.39, 0.29) is 11.1 Å². The second kappa shape index (κ2) is 9.69. The zero-order valence-corrected chi connectivity index (χ0v) is 20.4. The Balaban J connectivity index is 1.38. The Hall–Kier alpha value is -4.40. The van der Waals surface area contributed by atoms with Crippen LogP contribution in [0.15, 0.2) is 65.6 Å². The van der Waals surface area contributed by atoms with Gasteiger partial charge in [-0.3, -0.25) is 14.3 Å². The third kappa shape index (κ3) is 4.35. The Labute approximate surface area is 209 Å². The quantitative estimate of drug-likeness (QED) is 0.447. The van der Waals surface area contributed by atoms with E-state index in [2.05, 4.69) is 15.2 Å². The van der Waals surface area contributed by atoms with E-state index in [9.17, 15) is 9.59 Å². The van der Waals surface area contributed by atoms with Crippen LogP contribution in [-0.2, 0) is 7.05 Å². The number of hydrogen-bond donors (Lipinski definition) is 2. The van der Waals surface area contributed by atoms with Gasteiger partial charge >= 0.3 is 0 Å². The first-order valence-electron chi connectivity index (χ1n) is 12.1. The molecule has 9 nitrogen and oxygen atoms in total. The number of hydrogen-bond acceptors (Lipinski definition) is 6. The second-order valence-corrected chi connectivity index (χ2v) is 8.98. The highest BCUT2D eigenvalue weighted by atomic mass is 16.2. The van der Waals surface area contributed by atoms with Crippen molar-refractivity contribution >= 4 is 23.2 Å². The van der Waals surface area contributed by atoms with Gasteiger partial charge in [-0.15, -0.1) is 0 Å². The molecule has 0 radical (unpaired) electrons. The Morgan fingerprint density at radius 1 is 1.00 bits per heavy atom. The van der Waals surface area contributed by atoms with Crippen LogP contribution in [0.4, 0.5) is 17.3 Å². The zero-order chi connectivity index (χ0) is 25.2. The number of nitrogens with one attached hydrogen (secondary N) is 1. The fraction of sp³-hybridized carbons (Fsp3) is 0.259. The van der Waals surface area contributed by atoms with Gasteiger partial charge in [-0.25, -0.2) is 14.6 Å². The number of anilines is 3. The summed E-state index contributed by atoms with van der Waals surface area (Å²) in [7, 11) is 1.76. The largest absolute Gasteiger partial charge is 0.382 e. The van der Waals surface area contributed by atoms with Crippen LogP contribution in [0.2, 0.25) is 0 Å². The number of piperidine rings is 1. The van der Waals surface area contributed by atoms with Crippen LogP contribution >= 0.6 is 0 Å². The van der Waals surface area contributed by atoms with Gasteiger partial charge in [0.15, 0.2) is 0 Å². The van der Waals surface area contributed by atoms with Crippen molar-refractivity contribution in [1.82, 2.24) is 19.3 Å². The summed E-state index contributed by atoms with van der Waals surface area (Å²) in [4.78, 5) is 37.6. The number of carbonyl (C=O) groups excluding carboxylic acids is 1. The minimum atomic E-state index is -0.457. The van der Waals surface area contributed by atoms with Crippen molar-refractivity contribution < 1.29 is 4.79 Å². The zero-order valence-electron chi connectivity index (χ0n) is 20.4. The summed E-state index contributed by atoms with van der Waals surface area (Å²) in [5.41, 5.74) is 9.14. The first-order valence-corrected chi connectivity index (χ1v) is 12.1. The topological polar surface area (TPSA) is 111 Å². The number of nitrogen functional groups attached to an aromatic ring is 1. The molecular weight excluding hydrogens is 454 g/mol. The van der Waals surface area contributed by atoms with Gasteiger partial charge in [-0.1, -0.05) is 30.3 Å². The summed E-state index contributed by atoms with van der Waals surface area (Å²) in [6.45, 7) is 3.69. The van der Waals surface area contributed by atoms with Gasteiger partial charge in [0.1, 0.15) is 22.9 Å². The summed E-state index contributed by atoms with van der Waals surface area (Å²) < 4.78 is 3.18. The lowest BCUT2D eigenvalue weighted by atomic mass is 10.1. The Bertz CT molecular complexity index is 1450. The van der Waals surface area contributed by atoms with E-state index >= 15 is 0 Å². The first-order chi connectivity index (χ1) is 17.4. The Kier molecular flexibility index (Phi) is 6.28. The molecule has 2 aromatic carbocycles. The molecule has 0 aliphatic carbocycles. The molecule has 0 bridgehead atoms. The van der Waals surface area contributed by atoms with Crippen LogP contribution < -0.4 is 21.5 Å². The highest BCUT2D eigenvalue weighted by molar-refractivity contribution is 6.05. The van der Waals surface area contributed by atoms with Crippen molar-refractivity contribution in [3.05, 3.63) is 82.4 Å². The van der Waals surface area contributed by atoms with Gasteiger partial charge in [-0.05, 0) is 50.5 Å². The number of amides is 1. The van der Waals surface area contributed by atoms with Gasteiger partial charge in [0.25, 0.3) is 11.5 Å². The van der Waals surface area contributed by atoms with Crippen LogP contribution in [-0.4, -0.2) is 38.3 Å². The molecule has 184 valence electrons. The number of para-hydroxylation sites is 1. The van der Waals surface area contributed by atoms with E-state index in [1.54, 1.807) is 37.0 Å². The lowest BCUT2D eigenvalue weighted by molar-refractivity contribution is 0.102. The van der Waals surface area contributed by atoms with E-state index in [4.69, 9.17) is 10.7 Å². The standard InChI is InChI=1S/C27H29N7O2/c1-18-23(27(36)34(32(18)2)21-9-5-3-6-10-21)26(35)30-20-13-11-19(12-14-20)24-25(28)29-17-22(31-24)33-15-7-4-8-16-33/h3,5-6,9-14,17H,4,7-8,15-16H2,1-2H3,(H2,28,29)(H,30,35). The van der Waals surface area contributed by atoms with Crippen molar-refractivity contribution in [2.75, 3.05) is 29.0 Å². The van der Waals surface area contributed by atoms with Crippen LogP contribution in [0.3, 0.4) is 0 Å². The van der Waals surface area contributed by atoms with Gasteiger partial charge in [0.05, 0.1) is 17.6 Å². The summed E-state index contributed by atoms with van der Waals surface area (Å²) >= 11 is 0. The molecule has 2 aromatic heterocycles. The maximum Gasteiger partial charge on any atom is 0.284 e. The van der Waals surface area contributed by atoms with Crippen LogP contribution in [0, 0.1) is 6.92 Å². The van der Waals surface area contributed by atoms with Crippen LogP contribution in [0.25, 0.3) is 16.9 Å². The average Bonchev–Trinajstić information content (AvgIpc) is 3.13. The van der Waals surface area contributed by atoms with Crippen molar-refractivity contribution in [1.29, 1.82) is 0 Å². The molecule has 1 saturated heterocycles. The molecule has 1 aliphatic rings. The predicted octanol–water partition coefficient (Wildman–Crippen LogP) is 3.77. The molecule has 0 unspecified atom stereocenters. The monoisotopic (exact) mass is 483 g/mol. The predicted molar refractivity (Wildman–Crippen MR) is 142 cm³/mol.